The molecule has 8 heteroatoms. The number of rotatable bonds is 8. The van der Waals surface area contributed by atoms with Gasteiger partial charge in [0.2, 0.25) is 10.0 Å². The summed E-state index contributed by atoms with van der Waals surface area (Å²) in [6, 6.07) is 11.7. The Bertz CT molecular complexity index is 854. The number of nitrogens with one attached hydrogen (secondary N) is 1. The highest BCUT2D eigenvalue weighted by Crippen LogP contribution is 2.13. The second kappa shape index (κ2) is 8.88. The second-order valence-corrected chi connectivity index (χ2v) is 7.47. The number of nitrogens with zero attached hydrogens (tertiary/aromatic N) is 1. The first-order valence-corrected chi connectivity index (χ1v) is 9.40. The van der Waals surface area contributed by atoms with E-state index >= 15 is 0 Å². The Hall–Kier alpha value is -2.29. The van der Waals surface area contributed by atoms with E-state index in [1.165, 1.54) is 48.4 Å². The van der Waals surface area contributed by atoms with Crippen LogP contribution in [0.2, 0.25) is 0 Å². The van der Waals surface area contributed by atoms with Crippen LogP contribution in [0.5, 0.6) is 0 Å². The quantitative estimate of drug-likeness (QED) is 0.711. The van der Waals surface area contributed by atoms with Crippen LogP contribution in [0.4, 0.5) is 4.39 Å². The molecule has 1 N–H and O–H groups in total. The first-order valence-electron chi connectivity index (χ1n) is 7.92. The molecule has 0 aromatic heterocycles. The molecular formula is C18H21FN2O4S. The summed E-state index contributed by atoms with van der Waals surface area (Å²) >= 11 is 0. The number of carbonyl (C=O) groups excluding carboxylic acids is 1. The van der Waals surface area contributed by atoms with Crippen LogP contribution < -0.4 is 4.72 Å². The molecule has 140 valence electrons. The molecule has 0 atom stereocenters. The molecule has 2 aromatic rings. The van der Waals surface area contributed by atoms with E-state index in [0.717, 1.165) is 0 Å². The van der Waals surface area contributed by atoms with E-state index in [1.807, 2.05) is 0 Å². The van der Waals surface area contributed by atoms with Crippen molar-refractivity contribution in [3.8, 4) is 0 Å². The van der Waals surface area contributed by atoms with Crippen molar-refractivity contribution in [3.05, 3.63) is 65.5 Å². The second-order valence-electron chi connectivity index (χ2n) is 5.71. The Morgan fingerprint density at radius 3 is 2.50 bits per heavy atom. The molecule has 6 nitrogen and oxygen atoms in total. The fraction of sp³-hybridized carbons (Fsp3) is 0.278. The predicted octanol–water partition coefficient (Wildman–Crippen LogP) is 2.02. The molecule has 2 rings (SSSR count). The van der Waals surface area contributed by atoms with Crippen LogP contribution in [-0.2, 0) is 21.3 Å². The number of methoxy groups -OCH3 is 1. The van der Waals surface area contributed by atoms with Gasteiger partial charge >= 0.3 is 0 Å². The minimum Gasteiger partial charge on any atom is -0.383 e. The molecule has 0 radical (unpaired) electrons. The van der Waals surface area contributed by atoms with E-state index in [4.69, 9.17) is 4.74 Å². The Morgan fingerprint density at radius 1 is 1.19 bits per heavy atom. The minimum absolute atomic E-state index is 0.0675. The van der Waals surface area contributed by atoms with Gasteiger partial charge in [0.15, 0.2) is 0 Å². The van der Waals surface area contributed by atoms with E-state index in [1.54, 1.807) is 19.2 Å². The summed E-state index contributed by atoms with van der Waals surface area (Å²) in [5, 5.41) is 0. The Balaban J connectivity index is 2.06. The topological polar surface area (TPSA) is 75.7 Å². The fourth-order valence-electron chi connectivity index (χ4n) is 2.34. The van der Waals surface area contributed by atoms with Crippen LogP contribution in [0.1, 0.15) is 15.9 Å². The zero-order valence-electron chi connectivity index (χ0n) is 14.6. The SMILES string of the molecule is COCCNS(=O)(=O)c1ccc(C(=O)N(C)Cc2cccc(F)c2)cc1. The summed E-state index contributed by atoms with van der Waals surface area (Å²) in [4.78, 5) is 14.0. The van der Waals surface area contributed by atoms with Gasteiger partial charge in [-0.1, -0.05) is 12.1 Å². The summed E-state index contributed by atoms with van der Waals surface area (Å²) in [5.74, 6) is -0.649. The molecule has 0 aliphatic heterocycles. The zero-order chi connectivity index (χ0) is 19.2. The Morgan fingerprint density at radius 2 is 1.88 bits per heavy atom. The van der Waals surface area contributed by atoms with Crippen molar-refractivity contribution in [3.63, 3.8) is 0 Å². The first kappa shape index (κ1) is 20.0. The van der Waals surface area contributed by atoms with Gasteiger partial charge in [-0.25, -0.2) is 17.5 Å². The van der Waals surface area contributed by atoms with Crippen LogP contribution >= 0.6 is 0 Å². The number of hydrogen-bond acceptors (Lipinski definition) is 4. The molecule has 0 aliphatic rings. The molecule has 2 aromatic carbocycles. The monoisotopic (exact) mass is 380 g/mol. The summed E-state index contributed by atoms with van der Waals surface area (Å²) < 4.78 is 44.6. The van der Waals surface area contributed by atoms with Gasteiger partial charge in [-0.2, -0.15) is 0 Å². The lowest BCUT2D eigenvalue weighted by atomic mass is 10.1. The summed E-state index contributed by atoms with van der Waals surface area (Å²) in [6.45, 7) is 0.672. The number of carbonyl (C=O) groups is 1. The Kier molecular flexibility index (Phi) is 6.84. The van der Waals surface area contributed by atoms with Crippen molar-refractivity contribution >= 4 is 15.9 Å². The van der Waals surface area contributed by atoms with Crippen molar-refractivity contribution in [2.45, 2.75) is 11.4 Å². The smallest absolute Gasteiger partial charge is 0.253 e. The molecule has 0 spiro atoms. The number of halogens is 1. The molecule has 0 heterocycles. The molecule has 26 heavy (non-hydrogen) atoms. The van der Waals surface area contributed by atoms with Gasteiger partial charge in [0, 0.05) is 32.8 Å². The third-order valence-corrected chi connectivity index (χ3v) is 5.14. The van der Waals surface area contributed by atoms with E-state index in [0.29, 0.717) is 11.1 Å². The molecule has 0 bridgehead atoms. The normalized spacial score (nSPS) is 11.3. The van der Waals surface area contributed by atoms with Gasteiger partial charge in [-0.15, -0.1) is 0 Å². The lowest BCUT2D eigenvalue weighted by Crippen LogP contribution is -2.28. The van der Waals surface area contributed by atoms with Crippen LogP contribution in [0, 0.1) is 5.82 Å². The molecule has 1 amide bonds. The maximum absolute atomic E-state index is 13.2. The van der Waals surface area contributed by atoms with Gasteiger partial charge in [-0.3, -0.25) is 4.79 Å². The van der Waals surface area contributed by atoms with Gasteiger partial charge in [0.25, 0.3) is 5.91 Å². The number of amides is 1. The van der Waals surface area contributed by atoms with Crippen molar-refractivity contribution < 1.29 is 22.3 Å². The predicted molar refractivity (Wildman–Crippen MR) is 95.7 cm³/mol. The average Bonchev–Trinajstić information content (AvgIpc) is 2.61. The number of ether oxygens (including phenoxy) is 1. The summed E-state index contributed by atoms with van der Waals surface area (Å²) in [6.07, 6.45) is 0. The molecule has 0 fully saturated rings. The largest absolute Gasteiger partial charge is 0.383 e. The van der Waals surface area contributed by atoms with E-state index in [9.17, 15) is 17.6 Å². The maximum atomic E-state index is 13.2. The fourth-order valence-corrected chi connectivity index (χ4v) is 3.35. The first-order chi connectivity index (χ1) is 12.3. The summed E-state index contributed by atoms with van der Waals surface area (Å²) in [5.41, 5.74) is 1.02. The van der Waals surface area contributed by atoms with Gasteiger partial charge in [0.05, 0.1) is 11.5 Å². The van der Waals surface area contributed by atoms with Crippen molar-refractivity contribution in [1.82, 2.24) is 9.62 Å². The average molecular weight is 380 g/mol. The molecule has 0 saturated heterocycles. The van der Waals surface area contributed by atoms with Crippen LogP contribution in [-0.4, -0.2) is 46.5 Å². The van der Waals surface area contributed by atoms with Gasteiger partial charge < -0.3 is 9.64 Å². The van der Waals surface area contributed by atoms with Crippen LogP contribution in [0.3, 0.4) is 0 Å². The van der Waals surface area contributed by atoms with Gasteiger partial charge in [-0.05, 0) is 42.0 Å². The summed E-state index contributed by atoms with van der Waals surface area (Å²) in [7, 11) is -0.563. The van der Waals surface area contributed by atoms with Crippen LogP contribution in [0.15, 0.2) is 53.4 Å². The standard InChI is InChI=1S/C18H21FN2O4S/c1-21(13-14-4-3-5-16(19)12-14)18(22)15-6-8-17(9-7-15)26(23,24)20-10-11-25-2/h3-9,12,20H,10-11,13H2,1-2H3. The Labute approximate surface area is 152 Å². The molecular weight excluding hydrogens is 359 g/mol. The number of hydrogen-bond donors (Lipinski definition) is 1. The highest BCUT2D eigenvalue weighted by molar-refractivity contribution is 7.89. The van der Waals surface area contributed by atoms with Gasteiger partial charge in [0.1, 0.15) is 5.82 Å². The number of benzene rings is 2. The number of sulfonamides is 1. The third-order valence-electron chi connectivity index (χ3n) is 3.67. The van der Waals surface area contributed by atoms with Crippen LogP contribution in [0.25, 0.3) is 0 Å². The molecule has 0 saturated carbocycles. The van der Waals surface area contributed by atoms with E-state index < -0.39 is 10.0 Å². The third kappa shape index (κ3) is 5.35. The highest BCUT2D eigenvalue weighted by atomic mass is 32.2. The highest BCUT2D eigenvalue weighted by Gasteiger charge is 2.16. The molecule has 0 unspecified atom stereocenters. The van der Waals surface area contributed by atoms with E-state index in [-0.39, 0.29) is 36.3 Å². The minimum atomic E-state index is -3.65. The van der Waals surface area contributed by atoms with E-state index in [2.05, 4.69) is 4.72 Å². The van der Waals surface area contributed by atoms with Crippen molar-refractivity contribution in [2.75, 3.05) is 27.3 Å². The lowest BCUT2D eigenvalue weighted by Gasteiger charge is -2.17. The zero-order valence-corrected chi connectivity index (χ0v) is 15.4. The van der Waals surface area contributed by atoms with Crippen molar-refractivity contribution in [2.24, 2.45) is 0 Å². The van der Waals surface area contributed by atoms with Crippen molar-refractivity contribution in [1.29, 1.82) is 0 Å². The maximum Gasteiger partial charge on any atom is 0.253 e. The lowest BCUT2D eigenvalue weighted by molar-refractivity contribution is 0.0785. The molecule has 0 aliphatic carbocycles.